The van der Waals surface area contributed by atoms with E-state index >= 15 is 0 Å². The summed E-state index contributed by atoms with van der Waals surface area (Å²) >= 11 is 5.32. The fourth-order valence-corrected chi connectivity index (χ4v) is 3.92. The Labute approximate surface area is 103 Å². The van der Waals surface area contributed by atoms with E-state index in [0.717, 1.165) is 17.5 Å². The molecule has 2 N–H and O–H groups in total. The van der Waals surface area contributed by atoms with E-state index in [2.05, 4.69) is 28.9 Å². The molecular weight excluding hydrogens is 274 g/mol. The number of aryl methyl sites for hydroxylation is 1. The summed E-state index contributed by atoms with van der Waals surface area (Å²) in [5.41, 5.74) is 6.24. The normalized spacial score (nSPS) is 24.1. The molecule has 2 atom stereocenters. The number of thiophene rings is 1. The van der Waals surface area contributed by atoms with Gasteiger partial charge in [-0.25, -0.2) is 0 Å². The van der Waals surface area contributed by atoms with E-state index in [1.165, 1.54) is 22.6 Å². The van der Waals surface area contributed by atoms with Gasteiger partial charge in [-0.3, -0.25) is 0 Å². The van der Waals surface area contributed by atoms with Gasteiger partial charge in [0.15, 0.2) is 0 Å². The van der Waals surface area contributed by atoms with Gasteiger partial charge >= 0.3 is 0 Å². The summed E-state index contributed by atoms with van der Waals surface area (Å²) < 4.78 is 6.85. The average molecular weight is 290 g/mol. The van der Waals surface area contributed by atoms with Crippen molar-refractivity contribution in [1.82, 2.24) is 0 Å². The monoisotopic (exact) mass is 289 g/mol. The molecule has 2 nitrogen and oxygen atoms in total. The Morgan fingerprint density at radius 3 is 2.93 bits per heavy atom. The van der Waals surface area contributed by atoms with Crippen LogP contribution in [0, 0.1) is 6.92 Å². The Hall–Kier alpha value is 0.1000. The molecule has 1 saturated heterocycles. The van der Waals surface area contributed by atoms with Crippen LogP contribution in [0.3, 0.4) is 0 Å². The molecule has 0 amide bonds. The van der Waals surface area contributed by atoms with Gasteiger partial charge in [0.2, 0.25) is 0 Å². The molecule has 0 radical (unpaired) electrons. The van der Waals surface area contributed by atoms with Crippen LogP contribution in [0.4, 0.5) is 0 Å². The van der Waals surface area contributed by atoms with Crippen LogP contribution >= 0.6 is 27.3 Å². The second-order valence-corrected chi connectivity index (χ2v) is 6.14. The highest BCUT2D eigenvalue weighted by Crippen LogP contribution is 2.35. The third-order valence-corrected chi connectivity index (χ3v) is 4.82. The third-order valence-electron chi connectivity index (χ3n) is 2.75. The first kappa shape index (κ1) is 11.6. The number of rotatable bonds is 2. The van der Waals surface area contributed by atoms with Crippen molar-refractivity contribution in [2.75, 3.05) is 6.61 Å². The fraction of sp³-hybridized carbons (Fsp3) is 0.636. The summed E-state index contributed by atoms with van der Waals surface area (Å²) in [7, 11) is 0. The number of halogens is 1. The van der Waals surface area contributed by atoms with E-state index in [-0.39, 0.29) is 12.1 Å². The van der Waals surface area contributed by atoms with Crippen molar-refractivity contribution in [3.8, 4) is 0 Å². The quantitative estimate of drug-likeness (QED) is 0.906. The Morgan fingerprint density at radius 1 is 1.60 bits per heavy atom. The minimum atomic E-state index is 0.0263. The number of nitrogens with two attached hydrogens (primary N) is 1. The molecular formula is C11H16BrNOS. The van der Waals surface area contributed by atoms with Crippen molar-refractivity contribution in [3.05, 3.63) is 20.3 Å². The van der Waals surface area contributed by atoms with Crippen LogP contribution in [0.25, 0.3) is 0 Å². The Balaban J connectivity index is 2.12. The maximum Gasteiger partial charge on any atom is 0.0776 e. The first-order chi connectivity index (χ1) is 7.18. The highest BCUT2D eigenvalue weighted by molar-refractivity contribution is 9.10. The molecule has 0 bridgehead atoms. The lowest BCUT2D eigenvalue weighted by Gasteiger charge is -2.27. The fourth-order valence-electron chi connectivity index (χ4n) is 1.95. The smallest absolute Gasteiger partial charge is 0.0776 e. The lowest BCUT2D eigenvalue weighted by atomic mass is 10.0. The molecule has 0 saturated carbocycles. The van der Waals surface area contributed by atoms with Gasteiger partial charge in [-0.15, -0.1) is 11.3 Å². The number of hydrogen-bond acceptors (Lipinski definition) is 3. The Bertz CT molecular complexity index is 333. The lowest BCUT2D eigenvalue weighted by Crippen LogP contribution is -2.31. The van der Waals surface area contributed by atoms with Crippen LogP contribution < -0.4 is 5.73 Å². The van der Waals surface area contributed by atoms with Crippen LogP contribution in [-0.2, 0) is 4.74 Å². The zero-order valence-corrected chi connectivity index (χ0v) is 11.2. The van der Waals surface area contributed by atoms with Gasteiger partial charge in [-0.05, 0) is 48.2 Å². The predicted octanol–water partition coefficient (Wildman–Crippen LogP) is 3.39. The summed E-state index contributed by atoms with van der Waals surface area (Å²) in [6.45, 7) is 2.97. The number of hydrogen-bond donors (Lipinski definition) is 1. The van der Waals surface area contributed by atoms with Crippen molar-refractivity contribution in [2.24, 2.45) is 5.73 Å². The molecule has 15 heavy (non-hydrogen) atoms. The highest BCUT2D eigenvalue weighted by atomic mass is 79.9. The second-order valence-electron chi connectivity index (χ2n) is 4.00. The zero-order chi connectivity index (χ0) is 10.8. The predicted molar refractivity (Wildman–Crippen MR) is 67.3 cm³/mol. The van der Waals surface area contributed by atoms with Crippen LogP contribution in [0.2, 0.25) is 0 Å². The van der Waals surface area contributed by atoms with Crippen LogP contribution in [-0.4, -0.2) is 12.7 Å². The maximum absolute atomic E-state index is 6.24. The molecule has 0 aromatic carbocycles. The highest BCUT2D eigenvalue weighted by Gasteiger charge is 2.25. The molecule has 1 aliphatic heterocycles. The van der Waals surface area contributed by atoms with Crippen molar-refractivity contribution < 1.29 is 4.74 Å². The molecule has 0 aliphatic carbocycles. The Kier molecular flexibility index (Phi) is 3.83. The van der Waals surface area contributed by atoms with Crippen molar-refractivity contribution in [2.45, 2.75) is 38.3 Å². The van der Waals surface area contributed by atoms with Crippen LogP contribution in [0.1, 0.15) is 35.1 Å². The molecule has 2 unspecified atom stereocenters. The van der Waals surface area contributed by atoms with Crippen LogP contribution in [0.15, 0.2) is 10.5 Å². The zero-order valence-electron chi connectivity index (χ0n) is 8.83. The van der Waals surface area contributed by atoms with Gasteiger partial charge in [-0.2, -0.15) is 0 Å². The van der Waals surface area contributed by atoms with Gasteiger partial charge in [0.25, 0.3) is 0 Å². The number of ether oxygens (including phenoxy) is 1. The van der Waals surface area contributed by atoms with Gasteiger partial charge in [0, 0.05) is 20.8 Å². The summed E-state index contributed by atoms with van der Waals surface area (Å²) in [6.07, 6.45) is 3.70. The molecule has 1 aromatic heterocycles. The topological polar surface area (TPSA) is 35.2 Å². The molecule has 2 heterocycles. The van der Waals surface area contributed by atoms with E-state index in [1.807, 2.05) is 0 Å². The average Bonchev–Trinajstić information content (AvgIpc) is 2.58. The lowest BCUT2D eigenvalue weighted by molar-refractivity contribution is 0.000554. The molecule has 4 heteroatoms. The van der Waals surface area contributed by atoms with E-state index < -0.39 is 0 Å². The molecule has 1 aliphatic rings. The SMILES string of the molecule is Cc1cc(Br)c(C(N)C2CCCCO2)s1. The van der Waals surface area contributed by atoms with Crippen LogP contribution in [0.5, 0.6) is 0 Å². The van der Waals surface area contributed by atoms with E-state index in [0.29, 0.717) is 0 Å². The van der Waals surface area contributed by atoms with E-state index in [9.17, 15) is 0 Å². The minimum Gasteiger partial charge on any atom is -0.376 e. The molecule has 84 valence electrons. The van der Waals surface area contributed by atoms with E-state index in [4.69, 9.17) is 10.5 Å². The first-order valence-electron chi connectivity index (χ1n) is 5.31. The molecule has 2 rings (SSSR count). The second kappa shape index (κ2) is 4.95. The first-order valence-corrected chi connectivity index (χ1v) is 6.92. The van der Waals surface area contributed by atoms with E-state index in [1.54, 1.807) is 11.3 Å². The van der Waals surface area contributed by atoms with Crippen molar-refractivity contribution in [1.29, 1.82) is 0 Å². The maximum atomic E-state index is 6.24. The van der Waals surface area contributed by atoms with Gasteiger partial charge in [0.05, 0.1) is 12.1 Å². The third kappa shape index (κ3) is 2.61. The Morgan fingerprint density at radius 2 is 2.40 bits per heavy atom. The summed E-state index contributed by atoms with van der Waals surface area (Å²) in [6, 6.07) is 2.15. The summed E-state index contributed by atoms with van der Waals surface area (Å²) in [5.74, 6) is 0. The summed E-state index contributed by atoms with van der Waals surface area (Å²) in [5, 5.41) is 0. The van der Waals surface area contributed by atoms with Gasteiger partial charge < -0.3 is 10.5 Å². The molecule has 1 aromatic rings. The summed E-state index contributed by atoms with van der Waals surface area (Å²) in [4.78, 5) is 2.52. The van der Waals surface area contributed by atoms with Gasteiger partial charge in [-0.1, -0.05) is 0 Å². The van der Waals surface area contributed by atoms with Crippen molar-refractivity contribution >= 4 is 27.3 Å². The molecule has 0 spiro atoms. The van der Waals surface area contributed by atoms with Crippen molar-refractivity contribution in [3.63, 3.8) is 0 Å². The minimum absolute atomic E-state index is 0.0263. The molecule has 1 fully saturated rings. The van der Waals surface area contributed by atoms with Gasteiger partial charge in [0.1, 0.15) is 0 Å². The largest absolute Gasteiger partial charge is 0.376 e. The standard InChI is InChI=1S/C11H16BrNOS/c1-7-6-8(12)11(15-7)10(13)9-4-2-3-5-14-9/h6,9-10H,2-5,13H2,1H3.